The van der Waals surface area contributed by atoms with Gasteiger partial charge in [0.05, 0.1) is 0 Å². The van der Waals surface area contributed by atoms with Crippen LogP contribution < -0.4 is 0 Å². The quantitative estimate of drug-likeness (QED) is 0.409. The molecule has 2 aliphatic carbocycles. The van der Waals surface area contributed by atoms with E-state index in [-0.39, 0.29) is 18.4 Å². The van der Waals surface area contributed by atoms with Gasteiger partial charge in [-0.25, -0.2) is 0 Å². The van der Waals surface area contributed by atoms with Crippen LogP contribution in [0.4, 0.5) is 0 Å². The van der Waals surface area contributed by atoms with E-state index in [4.69, 9.17) is 16.3 Å². The van der Waals surface area contributed by atoms with Crippen LogP contribution in [0.15, 0.2) is 30.3 Å². The molecule has 2 aliphatic rings. The van der Waals surface area contributed by atoms with Crippen LogP contribution in [-0.2, 0) is 22.5 Å². The zero-order chi connectivity index (χ0) is 21.3. The van der Waals surface area contributed by atoms with Gasteiger partial charge in [-0.3, -0.25) is 9.59 Å². The van der Waals surface area contributed by atoms with Crippen molar-refractivity contribution in [3.05, 3.63) is 57.9 Å². The van der Waals surface area contributed by atoms with Crippen molar-refractivity contribution in [1.29, 1.82) is 0 Å². The molecule has 30 heavy (non-hydrogen) atoms. The number of hydrogen-bond acceptors (Lipinski definition) is 3. The number of benzene rings is 1. The van der Waals surface area contributed by atoms with Gasteiger partial charge in [0.1, 0.15) is 0 Å². The fraction of sp³-hybridized carbons (Fsp3) is 0.520. The largest absolute Gasteiger partial charge is 0.457 e. The third-order valence-corrected chi connectivity index (χ3v) is 7.34. The van der Waals surface area contributed by atoms with Crippen LogP contribution in [0.5, 0.6) is 0 Å². The molecule has 1 aromatic carbocycles. The smallest absolute Gasteiger partial charge is 0.306 e. The average Bonchev–Trinajstić information content (AvgIpc) is 3.41. The Morgan fingerprint density at radius 2 is 1.90 bits per heavy atom. The molecule has 2 saturated carbocycles. The summed E-state index contributed by atoms with van der Waals surface area (Å²) in [6.45, 7) is 4.59. The van der Waals surface area contributed by atoms with Crippen LogP contribution in [0, 0.1) is 31.6 Å². The number of aromatic nitrogens is 1. The standard InChI is InChI=1S/C25H30ClNO3/c1-16-11-23(17(2)27(16)10-9-18-4-7-22(26)8-5-18)24(28)15-30-25(29)14-21-13-19-3-6-20(21)12-19/h4-5,7-8,11,19-21H,3,6,9-10,12-15H2,1-2H3/t19-,20-,21+/m1/s1. The molecule has 160 valence electrons. The summed E-state index contributed by atoms with van der Waals surface area (Å²) in [5.41, 5.74) is 3.82. The lowest BCUT2D eigenvalue weighted by molar-refractivity contribution is -0.144. The third kappa shape index (κ3) is 4.64. The van der Waals surface area contributed by atoms with Gasteiger partial charge >= 0.3 is 5.97 Å². The van der Waals surface area contributed by atoms with E-state index >= 15 is 0 Å². The molecular weight excluding hydrogens is 398 g/mol. The third-order valence-electron chi connectivity index (χ3n) is 7.09. The second-order valence-electron chi connectivity index (χ2n) is 9.04. The second kappa shape index (κ2) is 8.97. The number of Topliss-reactive ketones (excluding diaryl/α,β-unsaturated/α-hetero) is 1. The predicted molar refractivity (Wildman–Crippen MR) is 118 cm³/mol. The van der Waals surface area contributed by atoms with Gasteiger partial charge in [-0.2, -0.15) is 0 Å². The highest BCUT2D eigenvalue weighted by atomic mass is 35.5. The van der Waals surface area contributed by atoms with E-state index in [0.29, 0.717) is 23.8 Å². The summed E-state index contributed by atoms with van der Waals surface area (Å²) in [4.78, 5) is 25.0. The van der Waals surface area contributed by atoms with Crippen molar-refractivity contribution in [3.63, 3.8) is 0 Å². The van der Waals surface area contributed by atoms with Crippen molar-refractivity contribution in [2.45, 2.75) is 58.9 Å². The lowest BCUT2D eigenvalue weighted by Crippen LogP contribution is -2.20. The molecule has 0 aliphatic heterocycles. The van der Waals surface area contributed by atoms with E-state index < -0.39 is 0 Å². The van der Waals surface area contributed by atoms with E-state index in [1.54, 1.807) is 0 Å². The minimum absolute atomic E-state index is 0.123. The van der Waals surface area contributed by atoms with Crippen molar-refractivity contribution in [3.8, 4) is 0 Å². The molecule has 4 rings (SSSR count). The summed E-state index contributed by atoms with van der Waals surface area (Å²) in [5, 5.41) is 0.731. The Kier molecular flexibility index (Phi) is 6.33. The molecule has 1 aromatic heterocycles. The fourth-order valence-electron chi connectivity index (χ4n) is 5.44. The maximum Gasteiger partial charge on any atom is 0.306 e. The molecule has 0 radical (unpaired) electrons. The molecule has 2 fully saturated rings. The van der Waals surface area contributed by atoms with Crippen LogP contribution >= 0.6 is 11.6 Å². The van der Waals surface area contributed by atoms with Gasteiger partial charge in [-0.1, -0.05) is 30.2 Å². The summed E-state index contributed by atoms with van der Waals surface area (Å²) in [5.74, 6) is 1.62. The molecule has 2 aromatic rings. The van der Waals surface area contributed by atoms with Gasteiger partial charge in [0.15, 0.2) is 6.61 Å². The maximum atomic E-state index is 12.7. The summed E-state index contributed by atoms with van der Waals surface area (Å²) < 4.78 is 7.51. The first-order valence-corrected chi connectivity index (χ1v) is 11.4. The van der Waals surface area contributed by atoms with Crippen LogP contribution in [0.25, 0.3) is 0 Å². The summed E-state index contributed by atoms with van der Waals surface area (Å²) in [6, 6.07) is 9.75. The number of hydrogen-bond donors (Lipinski definition) is 0. The molecule has 0 unspecified atom stereocenters. The van der Waals surface area contributed by atoms with Crippen LogP contribution in [0.1, 0.15) is 59.4 Å². The van der Waals surface area contributed by atoms with Crippen molar-refractivity contribution < 1.29 is 14.3 Å². The Morgan fingerprint density at radius 1 is 1.13 bits per heavy atom. The molecule has 5 heteroatoms. The Labute approximate surface area is 183 Å². The minimum atomic E-state index is -0.225. The fourth-order valence-corrected chi connectivity index (χ4v) is 5.57. The Bertz CT molecular complexity index is 931. The van der Waals surface area contributed by atoms with E-state index in [0.717, 1.165) is 41.7 Å². The first kappa shape index (κ1) is 21.2. The molecule has 4 nitrogen and oxygen atoms in total. The molecule has 0 spiro atoms. The first-order chi connectivity index (χ1) is 14.4. The summed E-state index contributed by atoms with van der Waals surface area (Å²) in [6.07, 6.45) is 6.33. The monoisotopic (exact) mass is 427 g/mol. The summed E-state index contributed by atoms with van der Waals surface area (Å²) >= 11 is 5.95. The number of fused-ring (bicyclic) bond motifs is 2. The average molecular weight is 428 g/mol. The SMILES string of the molecule is Cc1cc(C(=O)COC(=O)C[C@@H]2C[C@@H]3CC[C@@H]2C3)c(C)n1CCc1ccc(Cl)cc1. The van der Waals surface area contributed by atoms with Crippen LogP contribution in [0.3, 0.4) is 0 Å². The summed E-state index contributed by atoms with van der Waals surface area (Å²) in [7, 11) is 0. The Morgan fingerprint density at radius 3 is 2.57 bits per heavy atom. The molecule has 0 saturated heterocycles. The maximum absolute atomic E-state index is 12.7. The zero-order valence-electron chi connectivity index (χ0n) is 17.8. The lowest BCUT2D eigenvalue weighted by atomic mass is 9.86. The number of aryl methyl sites for hydroxylation is 2. The number of nitrogens with zero attached hydrogens (tertiary/aromatic N) is 1. The predicted octanol–water partition coefficient (Wildman–Crippen LogP) is 5.55. The molecule has 3 atom stereocenters. The molecular formula is C25H30ClNO3. The van der Waals surface area contributed by atoms with Gasteiger partial charge in [0, 0.05) is 34.9 Å². The van der Waals surface area contributed by atoms with Crippen molar-refractivity contribution in [2.75, 3.05) is 6.61 Å². The highest BCUT2D eigenvalue weighted by Crippen LogP contribution is 2.49. The highest BCUT2D eigenvalue weighted by Gasteiger charge is 2.40. The molecule has 0 N–H and O–H groups in total. The number of ketones is 1. The number of esters is 1. The topological polar surface area (TPSA) is 48.3 Å². The Balaban J connectivity index is 1.31. The van der Waals surface area contributed by atoms with Crippen molar-refractivity contribution in [1.82, 2.24) is 4.57 Å². The van der Waals surface area contributed by atoms with E-state index in [9.17, 15) is 9.59 Å². The van der Waals surface area contributed by atoms with E-state index in [2.05, 4.69) is 4.57 Å². The number of rotatable bonds is 8. The first-order valence-electron chi connectivity index (χ1n) is 11.0. The number of carbonyl (C=O) groups is 2. The molecule has 1 heterocycles. The highest BCUT2D eigenvalue weighted by molar-refractivity contribution is 6.30. The van der Waals surface area contributed by atoms with Crippen LogP contribution in [0.2, 0.25) is 5.02 Å². The minimum Gasteiger partial charge on any atom is -0.457 e. The van der Waals surface area contributed by atoms with Gasteiger partial charge in [0.25, 0.3) is 0 Å². The number of halogens is 1. The molecule has 2 bridgehead atoms. The van der Waals surface area contributed by atoms with Gasteiger partial charge in [0.2, 0.25) is 5.78 Å². The van der Waals surface area contributed by atoms with E-state index in [1.807, 2.05) is 44.2 Å². The van der Waals surface area contributed by atoms with Crippen molar-refractivity contribution in [2.24, 2.45) is 17.8 Å². The van der Waals surface area contributed by atoms with Gasteiger partial charge < -0.3 is 9.30 Å². The second-order valence-corrected chi connectivity index (χ2v) is 9.47. The number of ether oxygens (including phenoxy) is 1. The molecule has 0 amide bonds. The van der Waals surface area contributed by atoms with Gasteiger partial charge in [-0.05, 0) is 81.0 Å². The van der Waals surface area contributed by atoms with Crippen molar-refractivity contribution >= 4 is 23.4 Å². The number of carbonyl (C=O) groups excluding carboxylic acids is 2. The van der Waals surface area contributed by atoms with E-state index in [1.165, 1.54) is 24.8 Å². The normalized spacial score (nSPS) is 22.4. The van der Waals surface area contributed by atoms with Gasteiger partial charge in [-0.15, -0.1) is 0 Å². The zero-order valence-corrected chi connectivity index (χ0v) is 18.6. The Hall–Kier alpha value is -2.07. The van der Waals surface area contributed by atoms with Crippen LogP contribution in [-0.4, -0.2) is 22.9 Å². The lowest BCUT2D eigenvalue weighted by Gasteiger charge is -2.20.